The van der Waals surface area contributed by atoms with E-state index in [-0.39, 0.29) is 5.97 Å². The van der Waals surface area contributed by atoms with Crippen LogP contribution in [0.1, 0.15) is 35.1 Å². The fourth-order valence-corrected chi connectivity index (χ4v) is 14.5. The highest BCUT2D eigenvalue weighted by atomic mass is 28.4. The molecule has 0 unspecified atom stereocenters. The Bertz CT molecular complexity index is 2790. The highest BCUT2D eigenvalue weighted by Gasteiger charge is 2.43. The molecule has 2 nitrogen and oxygen atoms in total. The zero-order chi connectivity index (χ0) is 47.4. The van der Waals surface area contributed by atoms with Gasteiger partial charge in [0.25, 0.3) is 14.3 Å². The van der Waals surface area contributed by atoms with Crippen LogP contribution in [-0.2, 0) is 33.8 Å². The Morgan fingerprint density at radius 3 is 0.800 bits per heavy atom. The standard InChI is InChI=1S/C67H56O2Si/c68-67(47-22-28-51-26-8-1-9-27-51)69-70(48-64-58(52-29-10-2-11-30-52)41-23-42-59(64)53-31-12-3-13-32-53,49-65-60(54-33-14-4-15-34-54)43-24-44-61(65)55-35-16-5-17-36-55)50-66-62(56-37-18-6-19-38-56)45-25-46-63(66)57-39-20-7-21-40-57/h1-21,23-27,29-46H,22,28,47-50H2. The van der Waals surface area contributed by atoms with Gasteiger partial charge in [-0.3, -0.25) is 4.79 Å². The third-order valence-electron chi connectivity index (χ3n) is 13.6. The molecule has 0 atom stereocenters. The van der Waals surface area contributed by atoms with Crippen molar-refractivity contribution in [3.63, 3.8) is 0 Å². The lowest BCUT2D eigenvalue weighted by atomic mass is 9.92. The molecule has 340 valence electrons. The van der Waals surface area contributed by atoms with Gasteiger partial charge in [-0.2, -0.15) is 0 Å². The Morgan fingerprint density at radius 2 is 0.543 bits per heavy atom. The maximum absolute atomic E-state index is 15.4. The molecular weight excluding hydrogens is 865 g/mol. The third kappa shape index (κ3) is 10.6. The van der Waals surface area contributed by atoms with Crippen molar-refractivity contribution in [1.82, 2.24) is 0 Å². The van der Waals surface area contributed by atoms with E-state index in [9.17, 15) is 0 Å². The lowest BCUT2D eigenvalue weighted by Gasteiger charge is -2.36. The smallest absolute Gasteiger partial charge is 0.292 e. The minimum Gasteiger partial charge on any atom is -0.518 e. The van der Waals surface area contributed by atoms with Crippen LogP contribution in [0, 0.1) is 0 Å². The molecule has 3 heteroatoms. The second kappa shape index (κ2) is 21.9. The maximum Gasteiger partial charge on any atom is 0.292 e. The van der Waals surface area contributed by atoms with Gasteiger partial charge in [0.1, 0.15) is 0 Å². The van der Waals surface area contributed by atoms with Gasteiger partial charge in [-0.05, 0) is 102 Å². The Hall–Kier alpha value is -8.11. The third-order valence-corrected chi connectivity index (χ3v) is 17.2. The van der Waals surface area contributed by atoms with Gasteiger partial charge >= 0.3 is 0 Å². The van der Waals surface area contributed by atoms with E-state index in [2.05, 4.69) is 261 Å². The topological polar surface area (TPSA) is 26.3 Å². The van der Waals surface area contributed by atoms with E-state index < -0.39 is 8.32 Å². The van der Waals surface area contributed by atoms with Gasteiger partial charge in [-0.25, -0.2) is 0 Å². The van der Waals surface area contributed by atoms with E-state index in [1.165, 1.54) is 22.3 Å². The van der Waals surface area contributed by atoms with Crippen LogP contribution in [0.3, 0.4) is 0 Å². The van der Waals surface area contributed by atoms with Crippen molar-refractivity contribution in [2.24, 2.45) is 0 Å². The molecule has 0 amide bonds. The van der Waals surface area contributed by atoms with Crippen LogP contribution >= 0.6 is 0 Å². The van der Waals surface area contributed by atoms with Crippen LogP contribution in [-0.4, -0.2) is 14.3 Å². The molecule has 70 heavy (non-hydrogen) atoms. The summed E-state index contributed by atoms with van der Waals surface area (Å²) in [6, 6.07) is 96.8. The molecule has 0 N–H and O–H groups in total. The van der Waals surface area contributed by atoms with Crippen LogP contribution < -0.4 is 0 Å². The van der Waals surface area contributed by atoms with Crippen molar-refractivity contribution < 1.29 is 9.22 Å². The second-order valence-corrected chi connectivity index (χ2v) is 21.8. The molecule has 10 aromatic rings. The first kappa shape index (κ1) is 45.7. The van der Waals surface area contributed by atoms with Gasteiger partial charge in [-0.1, -0.05) is 267 Å². The van der Waals surface area contributed by atoms with Crippen molar-refractivity contribution >= 4 is 14.3 Å². The second-order valence-electron chi connectivity index (χ2n) is 18.2. The molecule has 0 heterocycles. The summed E-state index contributed by atoms with van der Waals surface area (Å²) in [5.74, 6) is -0.141. The molecule has 0 aliphatic carbocycles. The Kier molecular flexibility index (Phi) is 14.3. The number of carbonyl (C=O) groups is 1. The zero-order valence-electron chi connectivity index (χ0n) is 39.5. The molecule has 0 saturated heterocycles. The molecule has 0 aliphatic rings. The van der Waals surface area contributed by atoms with Gasteiger partial charge < -0.3 is 4.43 Å². The van der Waals surface area contributed by atoms with Crippen LogP contribution in [0.5, 0.6) is 0 Å². The van der Waals surface area contributed by atoms with Crippen molar-refractivity contribution in [2.75, 3.05) is 0 Å². The summed E-state index contributed by atoms with van der Waals surface area (Å²) >= 11 is 0. The quantitative estimate of drug-likeness (QED) is 0.0851. The average molecular weight is 921 g/mol. The SMILES string of the molecule is O=C(CCCc1ccccc1)O[Si](Cc1c(-c2ccccc2)cccc1-c1ccccc1)(Cc1c(-c2ccccc2)cccc1-c1ccccc1)Cc1c(-c2ccccc2)cccc1-c1ccccc1. The molecule has 10 rings (SSSR count). The summed E-state index contributed by atoms with van der Waals surface area (Å²) in [6.07, 6.45) is 1.80. The predicted molar refractivity (Wildman–Crippen MR) is 294 cm³/mol. The lowest BCUT2D eigenvalue weighted by molar-refractivity contribution is -0.135. The fraction of sp³-hybridized carbons (Fsp3) is 0.0896. The molecule has 10 aromatic carbocycles. The molecule has 0 aromatic heterocycles. The maximum atomic E-state index is 15.4. The summed E-state index contributed by atoms with van der Waals surface area (Å²) in [5, 5.41) is 0. The molecule has 0 radical (unpaired) electrons. The van der Waals surface area contributed by atoms with E-state index in [1.54, 1.807) is 0 Å². The number of hydrogen-bond donors (Lipinski definition) is 0. The van der Waals surface area contributed by atoms with Crippen LogP contribution in [0.4, 0.5) is 0 Å². The minimum absolute atomic E-state index is 0.141. The number of aryl methyl sites for hydroxylation is 1. The van der Waals surface area contributed by atoms with Crippen LogP contribution in [0.15, 0.2) is 267 Å². The van der Waals surface area contributed by atoms with Crippen molar-refractivity contribution in [2.45, 2.75) is 37.4 Å². The van der Waals surface area contributed by atoms with E-state index in [4.69, 9.17) is 4.43 Å². The van der Waals surface area contributed by atoms with E-state index in [1.807, 2.05) is 6.07 Å². The number of hydrogen-bond acceptors (Lipinski definition) is 2. The lowest BCUT2D eigenvalue weighted by Crippen LogP contribution is -2.49. The highest BCUT2D eigenvalue weighted by molar-refractivity contribution is 6.74. The summed E-state index contributed by atoms with van der Waals surface area (Å²) in [7, 11) is -3.55. The number of carbonyl (C=O) groups excluding carboxylic acids is 1. The average Bonchev–Trinajstić information content (AvgIpc) is 3.43. The van der Waals surface area contributed by atoms with Gasteiger partial charge in [0, 0.05) is 24.6 Å². The molecule has 0 spiro atoms. The van der Waals surface area contributed by atoms with Gasteiger partial charge in [-0.15, -0.1) is 0 Å². The molecule has 0 fully saturated rings. The van der Waals surface area contributed by atoms with Gasteiger partial charge in [0.15, 0.2) is 0 Å². The fourth-order valence-electron chi connectivity index (χ4n) is 10.3. The molecule has 0 saturated carbocycles. The normalized spacial score (nSPS) is 11.3. The minimum atomic E-state index is -3.55. The van der Waals surface area contributed by atoms with Crippen molar-refractivity contribution in [1.29, 1.82) is 0 Å². The summed E-state index contributed by atoms with van der Waals surface area (Å²) in [6.45, 7) is 0. The first-order valence-corrected chi connectivity index (χ1v) is 27.1. The Balaban J connectivity index is 1.26. The highest BCUT2D eigenvalue weighted by Crippen LogP contribution is 2.43. The molecule has 0 aliphatic heterocycles. The summed E-state index contributed by atoms with van der Waals surface area (Å²) in [5.41, 5.74) is 18.5. The number of rotatable bonds is 17. The Morgan fingerprint density at radius 1 is 0.300 bits per heavy atom. The van der Waals surface area contributed by atoms with Crippen molar-refractivity contribution in [3.8, 4) is 66.8 Å². The number of benzene rings is 10. The van der Waals surface area contributed by atoms with E-state index in [0.29, 0.717) is 31.0 Å². The zero-order valence-corrected chi connectivity index (χ0v) is 40.5. The predicted octanol–water partition coefficient (Wildman–Crippen LogP) is 16.8. The van der Waals surface area contributed by atoms with Gasteiger partial charge in [0.05, 0.1) is 0 Å². The van der Waals surface area contributed by atoms with Crippen LogP contribution in [0.25, 0.3) is 66.8 Å². The van der Waals surface area contributed by atoms with Crippen molar-refractivity contribution in [3.05, 3.63) is 289 Å². The van der Waals surface area contributed by atoms with Crippen LogP contribution in [0.2, 0.25) is 0 Å². The first-order chi connectivity index (χ1) is 34.6. The summed E-state index contributed by atoms with van der Waals surface area (Å²) < 4.78 is 7.73. The monoisotopic (exact) mass is 920 g/mol. The Labute approximate surface area is 414 Å². The summed E-state index contributed by atoms with van der Waals surface area (Å²) in [4.78, 5) is 15.4. The van der Waals surface area contributed by atoms with E-state index >= 15 is 4.79 Å². The molecular formula is C67H56O2Si. The largest absolute Gasteiger partial charge is 0.518 e. The molecule has 0 bridgehead atoms. The van der Waals surface area contributed by atoms with Gasteiger partial charge in [0.2, 0.25) is 0 Å². The van der Waals surface area contributed by atoms with E-state index in [0.717, 1.165) is 73.2 Å². The first-order valence-electron chi connectivity index (χ1n) is 24.5.